The van der Waals surface area contributed by atoms with Crippen LogP contribution in [0.15, 0.2) is 47.3 Å². The monoisotopic (exact) mass is 305 g/mol. The van der Waals surface area contributed by atoms with Gasteiger partial charge in [0.1, 0.15) is 5.82 Å². The molecule has 0 atom stereocenters. The van der Waals surface area contributed by atoms with E-state index in [-0.39, 0.29) is 5.82 Å². The number of fused-ring (bicyclic) bond motifs is 1. The van der Waals surface area contributed by atoms with E-state index < -0.39 is 0 Å². The fourth-order valence-electron chi connectivity index (χ4n) is 1.85. The van der Waals surface area contributed by atoms with Gasteiger partial charge in [0, 0.05) is 16.1 Å². The highest BCUT2D eigenvalue weighted by molar-refractivity contribution is 9.10. The zero-order valence-electron chi connectivity index (χ0n) is 9.35. The summed E-state index contributed by atoms with van der Waals surface area (Å²) in [6, 6.07) is 6.42. The topological polar surface area (TPSA) is 30.7 Å². The number of nitrogens with zero attached hydrogens (tertiary/aromatic N) is 3. The van der Waals surface area contributed by atoms with Gasteiger partial charge in [-0.1, -0.05) is 12.1 Å². The fourth-order valence-corrected chi connectivity index (χ4v) is 2.27. The van der Waals surface area contributed by atoms with Gasteiger partial charge < -0.3 is 0 Å². The zero-order valence-corrected chi connectivity index (χ0v) is 10.9. The molecule has 0 aliphatic heterocycles. The van der Waals surface area contributed by atoms with Gasteiger partial charge in [-0.05, 0) is 33.6 Å². The summed E-state index contributed by atoms with van der Waals surface area (Å²) in [6.45, 7) is 0.599. The molecule has 0 fully saturated rings. The molecule has 0 unspecified atom stereocenters. The van der Waals surface area contributed by atoms with Crippen molar-refractivity contribution in [1.29, 1.82) is 0 Å². The molecule has 3 nitrogen and oxygen atoms in total. The van der Waals surface area contributed by atoms with Crippen molar-refractivity contribution in [1.82, 2.24) is 14.8 Å². The van der Waals surface area contributed by atoms with E-state index >= 15 is 0 Å². The number of aromatic nitrogens is 3. The van der Waals surface area contributed by atoms with E-state index in [0.29, 0.717) is 6.54 Å². The van der Waals surface area contributed by atoms with Crippen molar-refractivity contribution < 1.29 is 4.39 Å². The van der Waals surface area contributed by atoms with E-state index in [9.17, 15) is 4.39 Å². The van der Waals surface area contributed by atoms with Gasteiger partial charge in [0.2, 0.25) is 0 Å². The molecule has 0 saturated heterocycles. The van der Waals surface area contributed by atoms with Crippen LogP contribution >= 0.6 is 15.9 Å². The smallest absolute Gasteiger partial charge is 0.123 e. The largest absolute Gasteiger partial charge is 0.261 e. The highest BCUT2D eigenvalue weighted by Gasteiger charge is 2.06. The van der Waals surface area contributed by atoms with Crippen molar-refractivity contribution >= 4 is 26.8 Å². The average Bonchev–Trinajstić information content (AvgIpc) is 2.77. The number of rotatable bonds is 2. The van der Waals surface area contributed by atoms with Gasteiger partial charge in [0.05, 0.1) is 24.5 Å². The minimum absolute atomic E-state index is 0.228. The number of pyridine rings is 1. The lowest BCUT2D eigenvalue weighted by Crippen LogP contribution is -2.01. The standard InChI is InChI=1S/C13H9BrFN3/c14-12-6-16-7-13-11(12)5-17-18(13)8-9-1-3-10(15)4-2-9/h1-7H,8H2. The molecule has 3 rings (SSSR count). The normalized spacial score (nSPS) is 11.0. The van der Waals surface area contributed by atoms with Gasteiger partial charge in [-0.25, -0.2) is 4.39 Å². The van der Waals surface area contributed by atoms with Gasteiger partial charge in [-0.15, -0.1) is 0 Å². The van der Waals surface area contributed by atoms with Crippen LogP contribution in [0.5, 0.6) is 0 Å². The van der Waals surface area contributed by atoms with Crippen LogP contribution in [0.3, 0.4) is 0 Å². The first-order valence-electron chi connectivity index (χ1n) is 5.43. The van der Waals surface area contributed by atoms with Crippen molar-refractivity contribution in [2.24, 2.45) is 0 Å². The summed E-state index contributed by atoms with van der Waals surface area (Å²) in [5.74, 6) is -0.228. The zero-order chi connectivity index (χ0) is 12.5. The maximum absolute atomic E-state index is 12.8. The predicted molar refractivity (Wildman–Crippen MR) is 70.7 cm³/mol. The van der Waals surface area contributed by atoms with Gasteiger partial charge in [0.15, 0.2) is 0 Å². The van der Waals surface area contributed by atoms with Gasteiger partial charge in [-0.2, -0.15) is 5.10 Å². The molecular formula is C13H9BrFN3. The highest BCUT2D eigenvalue weighted by atomic mass is 79.9. The quantitative estimate of drug-likeness (QED) is 0.726. The molecule has 0 radical (unpaired) electrons. The lowest BCUT2D eigenvalue weighted by atomic mass is 10.2. The van der Waals surface area contributed by atoms with E-state index in [1.54, 1.807) is 30.7 Å². The molecule has 0 N–H and O–H groups in total. The molecule has 18 heavy (non-hydrogen) atoms. The minimum atomic E-state index is -0.228. The van der Waals surface area contributed by atoms with Crippen LogP contribution in [-0.4, -0.2) is 14.8 Å². The molecule has 0 bridgehead atoms. The SMILES string of the molecule is Fc1ccc(Cn2ncc3c(Br)cncc32)cc1. The third-order valence-electron chi connectivity index (χ3n) is 2.77. The highest BCUT2D eigenvalue weighted by Crippen LogP contribution is 2.22. The summed E-state index contributed by atoms with van der Waals surface area (Å²) in [5.41, 5.74) is 1.95. The molecule has 1 aromatic carbocycles. The lowest BCUT2D eigenvalue weighted by molar-refractivity contribution is 0.625. The Labute approximate surface area is 111 Å². The van der Waals surface area contributed by atoms with Crippen molar-refractivity contribution in [3.63, 3.8) is 0 Å². The van der Waals surface area contributed by atoms with Crippen LogP contribution in [0.4, 0.5) is 4.39 Å². The average molecular weight is 306 g/mol. The minimum Gasteiger partial charge on any atom is -0.261 e. The summed E-state index contributed by atoms with van der Waals surface area (Å²) in [5, 5.41) is 5.35. The molecule has 0 aliphatic rings. The first-order chi connectivity index (χ1) is 8.74. The van der Waals surface area contributed by atoms with Crippen LogP contribution in [0.2, 0.25) is 0 Å². The Balaban J connectivity index is 2.00. The van der Waals surface area contributed by atoms with E-state index in [0.717, 1.165) is 20.9 Å². The number of hydrogen-bond acceptors (Lipinski definition) is 2. The molecule has 0 saturated carbocycles. The van der Waals surface area contributed by atoms with E-state index in [2.05, 4.69) is 26.0 Å². The first-order valence-corrected chi connectivity index (χ1v) is 6.23. The Hall–Kier alpha value is -1.75. The molecule has 0 aliphatic carbocycles. The third kappa shape index (κ3) is 2.01. The Morgan fingerprint density at radius 1 is 1.11 bits per heavy atom. The van der Waals surface area contributed by atoms with E-state index in [1.165, 1.54) is 12.1 Å². The van der Waals surface area contributed by atoms with Gasteiger partial charge in [-0.3, -0.25) is 9.67 Å². The van der Waals surface area contributed by atoms with Crippen LogP contribution in [-0.2, 0) is 6.54 Å². The fraction of sp³-hybridized carbons (Fsp3) is 0.0769. The Morgan fingerprint density at radius 2 is 1.89 bits per heavy atom. The number of benzene rings is 1. The Bertz CT molecular complexity index is 691. The van der Waals surface area contributed by atoms with Crippen LogP contribution in [0.1, 0.15) is 5.56 Å². The second-order valence-corrected chi connectivity index (χ2v) is 4.84. The number of hydrogen-bond donors (Lipinski definition) is 0. The molecule has 3 aromatic rings. The van der Waals surface area contributed by atoms with Crippen molar-refractivity contribution in [3.05, 3.63) is 58.7 Å². The van der Waals surface area contributed by atoms with E-state index in [4.69, 9.17) is 0 Å². The predicted octanol–water partition coefficient (Wildman–Crippen LogP) is 3.38. The molecule has 0 amide bonds. The van der Waals surface area contributed by atoms with Gasteiger partial charge >= 0.3 is 0 Å². The van der Waals surface area contributed by atoms with E-state index in [1.807, 2.05) is 4.68 Å². The van der Waals surface area contributed by atoms with Crippen molar-refractivity contribution in [2.75, 3.05) is 0 Å². The lowest BCUT2D eigenvalue weighted by Gasteiger charge is -2.03. The van der Waals surface area contributed by atoms with Crippen molar-refractivity contribution in [3.8, 4) is 0 Å². The summed E-state index contributed by atoms with van der Waals surface area (Å²) in [7, 11) is 0. The van der Waals surface area contributed by atoms with Crippen LogP contribution in [0, 0.1) is 5.82 Å². The Morgan fingerprint density at radius 3 is 2.67 bits per heavy atom. The molecule has 2 heterocycles. The Kier molecular flexibility index (Phi) is 2.83. The summed E-state index contributed by atoms with van der Waals surface area (Å²) >= 11 is 3.44. The second-order valence-electron chi connectivity index (χ2n) is 3.98. The molecule has 90 valence electrons. The molecular weight excluding hydrogens is 297 g/mol. The summed E-state index contributed by atoms with van der Waals surface area (Å²) in [6.07, 6.45) is 5.31. The number of halogens is 2. The van der Waals surface area contributed by atoms with Crippen LogP contribution < -0.4 is 0 Å². The maximum Gasteiger partial charge on any atom is 0.123 e. The molecule has 5 heteroatoms. The summed E-state index contributed by atoms with van der Waals surface area (Å²) < 4.78 is 15.6. The maximum atomic E-state index is 12.8. The molecule has 2 aromatic heterocycles. The third-order valence-corrected chi connectivity index (χ3v) is 3.40. The first kappa shape index (κ1) is 11.3. The van der Waals surface area contributed by atoms with Crippen LogP contribution in [0.25, 0.3) is 10.9 Å². The summed E-state index contributed by atoms with van der Waals surface area (Å²) in [4.78, 5) is 4.13. The van der Waals surface area contributed by atoms with Gasteiger partial charge in [0.25, 0.3) is 0 Å². The molecule has 0 spiro atoms. The second kappa shape index (κ2) is 4.49. The van der Waals surface area contributed by atoms with Crippen molar-refractivity contribution in [2.45, 2.75) is 6.54 Å².